The van der Waals surface area contributed by atoms with Crippen molar-refractivity contribution in [3.63, 3.8) is 0 Å². The number of nitrogens with one attached hydrogen (secondary N) is 1. The topological polar surface area (TPSA) is 80.2 Å². The van der Waals surface area contributed by atoms with Crippen molar-refractivity contribution in [3.8, 4) is 11.6 Å². The summed E-state index contributed by atoms with van der Waals surface area (Å²) in [5, 5.41) is 1.95. The molecule has 0 radical (unpaired) electrons. The molecule has 0 aliphatic carbocycles. The van der Waals surface area contributed by atoms with Gasteiger partial charge in [0.15, 0.2) is 11.6 Å². The Kier molecular flexibility index (Phi) is 2.40. The summed E-state index contributed by atoms with van der Waals surface area (Å²) < 4.78 is 0. The second kappa shape index (κ2) is 4.54. The van der Waals surface area contributed by atoms with Crippen LogP contribution < -0.4 is 0 Å². The van der Waals surface area contributed by atoms with Crippen LogP contribution in [-0.4, -0.2) is 29.9 Å². The molecule has 0 bridgehead atoms. The number of hydrogen-bond acceptors (Lipinski definition) is 5. The number of benzene rings is 1. The summed E-state index contributed by atoms with van der Waals surface area (Å²) >= 11 is 0. The largest absolute Gasteiger partial charge is 0.335 e. The molecule has 0 saturated heterocycles. The van der Waals surface area contributed by atoms with Gasteiger partial charge in [-0.1, -0.05) is 0 Å². The number of fused-ring (bicyclic) bond motifs is 6. The Bertz CT molecular complexity index is 1090. The number of imidazole rings is 1. The zero-order chi connectivity index (χ0) is 15.2. The van der Waals surface area contributed by atoms with E-state index < -0.39 is 0 Å². The predicted molar refractivity (Wildman–Crippen MR) is 87.7 cm³/mol. The van der Waals surface area contributed by atoms with E-state index in [1.54, 1.807) is 30.9 Å². The minimum Gasteiger partial charge on any atom is -0.335 e. The molecule has 1 aromatic carbocycles. The Morgan fingerprint density at radius 3 is 2.09 bits per heavy atom. The normalized spacial score (nSPS) is 11.5. The number of pyridine rings is 2. The molecule has 108 valence electrons. The molecule has 0 amide bonds. The SMILES string of the molecule is c1cnc(-c2nc3c4cccnc4c4ncccc4c3[nH]2)nc1. The first-order valence-corrected chi connectivity index (χ1v) is 7.20. The van der Waals surface area contributed by atoms with E-state index in [4.69, 9.17) is 4.98 Å². The average molecular weight is 298 g/mol. The maximum Gasteiger partial charge on any atom is 0.195 e. The van der Waals surface area contributed by atoms with Crippen molar-refractivity contribution in [2.45, 2.75) is 0 Å². The third-order valence-electron chi connectivity index (χ3n) is 3.85. The lowest BCUT2D eigenvalue weighted by molar-refractivity contribution is 1.13. The third-order valence-corrected chi connectivity index (χ3v) is 3.85. The first-order valence-electron chi connectivity index (χ1n) is 7.20. The van der Waals surface area contributed by atoms with Crippen LogP contribution >= 0.6 is 0 Å². The Morgan fingerprint density at radius 2 is 1.30 bits per heavy atom. The van der Waals surface area contributed by atoms with Gasteiger partial charge in [0.05, 0.1) is 22.1 Å². The van der Waals surface area contributed by atoms with E-state index in [9.17, 15) is 0 Å². The second-order valence-electron chi connectivity index (χ2n) is 5.18. The molecule has 6 nitrogen and oxygen atoms in total. The monoisotopic (exact) mass is 298 g/mol. The zero-order valence-corrected chi connectivity index (χ0v) is 11.9. The van der Waals surface area contributed by atoms with E-state index in [0.29, 0.717) is 11.6 Å². The van der Waals surface area contributed by atoms with Crippen LogP contribution in [0.3, 0.4) is 0 Å². The number of H-pyrrole nitrogens is 1. The van der Waals surface area contributed by atoms with E-state index in [1.807, 2.05) is 24.3 Å². The van der Waals surface area contributed by atoms with Gasteiger partial charge in [-0.05, 0) is 30.3 Å². The van der Waals surface area contributed by atoms with Crippen molar-refractivity contribution in [1.29, 1.82) is 0 Å². The van der Waals surface area contributed by atoms with E-state index in [-0.39, 0.29) is 0 Å². The Hall–Kier alpha value is -3.41. The maximum atomic E-state index is 4.71. The van der Waals surface area contributed by atoms with Crippen molar-refractivity contribution in [3.05, 3.63) is 55.1 Å². The molecule has 0 spiro atoms. The van der Waals surface area contributed by atoms with Gasteiger partial charge in [-0.15, -0.1) is 0 Å². The van der Waals surface area contributed by atoms with Crippen LogP contribution in [0.1, 0.15) is 0 Å². The fourth-order valence-electron chi connectivity index (χ4n) is 2.87. The molecule has 5 rings (SSSR count). The van der Waals surface area contributed by atoms with Crippen LogP contribution in [0.15, 0.2) is 55.1 Å². The van der Waals surface area contributed by atoms with E-state index >= 15 is 0 Å². The summed E-state index contributed by atoms with van der Waals surface area (Å²) in [5.41, 5.74) is 3.49. The molecule has 6 heteroatoms. The van der Waals surface area contributed by atoms with Gasteiger partial charge in [0.1, 0.15) is 0 Å². The lowest BCUT2D eigenvalue weighted by Crippen LogP contribution is -1.87. The molecule has 4 aromatic heterocycles. The molecule has 0 saturated carbocycles. The Morgan fingerprint density at radius 1 is 0.652 bits per heavy atom. The quantitative estimate of drug-likeness (QED) is 0.481. The summed E-state index contributed by atoms with van der Waals surface area (Å²) in [4.78, 5) is 25.6. The highest BCUT2D eigenvalue weighted by Gasteiger charge is 2.15. The van der Waals surface area contributed by atoms with Crippen LogP contribution in [0.5, 0.6) is 0 Å². The molecular formula is C17H10N6. The van der Waals surface area contributed by atoms with Crippen LogP contribution in [0, 0.1) is 0 Å². The van der Waals surface area contributed by atoms with Crippen molar-refractivity contribution in [1.82, 2.24) is 29.9 Å². The molecule has 5 aromatic rings. The Balaban J connectivity index is 1.99. The second-order valence-corrected chi connectivity index (χ2v) is 5.18. The maximum absolute atomic E-state index is 4.71. The summed E-state index contributed by atoms with van der Waals surface area (Å²) in [6.45, 7) is 0. The number of rotatable bonds is 1. The highest BCUT2D eigenvalue weighted by molar-refractivity contribution is 6.20. The molecule has 0 aliphatic heterocycles. The lowest BCUT2D eigenvalue weighted by Gasteiger charge is -2.03. The van der Waals surface area contributed by atoms with Gasteiger partial charge in [0, 0.05) is 35.6 Å². The highest BCUT2D eigenvalue weighted by Crippen LogP contribution is 2.32. The summed E-state index contributed by atoms with van der Waals surface area (Å²) in [6, 6.07) is 9.63. The van der Waals surface area contributed by atoms with Gasteiger partial charge >= 0.3 is 0 Å². The molecule has 23 heavy (non-hydrogen) atoms. The van der Waals surface area contributed by atoms with E-state index in [2.05, 4.69) is 24.9 Å². The lowest BCUT2D eigenvalue weighted by atomic mass is 10.1. The van der Waals surface area contributed by atoms with Crippen molar-refractivity contribution in [2.24, 2.45) is 0 Å². The van der Waals surface area contributed by atoms with Gasteiger partial charge < -0.3 is 4.98 Å². The van der Waals surface area contributed by atoms with E-state index in [0.717, 1.165) is 32.8 Å². The molecular weight excluding hydrogens is 288 g/mol. The first-order chi connectivity index (χ1) is 11.4. The highest BCUT2D eigenvalue weighted by atomic mass is 15.0. The minimum absolute atomic E-state index is 0.567. The summed E-state index contributed by atoms with van der Waals surface area (Å²) in [5.74, 6) is 1.21. The van der Waals surface area contributed by atoms with Crippen LogP contribution in [0.25, 0.3) is 44.5 Å². The van der Waals surface area contributed by atoms with Gasteiger partial charge in [0.25, 0.3) is 0 Å². The van der Waals surface area contributed by atoms with Crippen LogP contribution in [-0.2, 0) is 0 Å². The molecule has 0 unspecified atom stereocenters. The van der Waals surface area contributed by atoms with Gasteiger partial charge in [-0.25, -0.2) is 15.0 Å². The number of aromatic amines is 1. The standard InChI is InChI=1S/C17H10N6/c1-4-10-12(18-6-1)13-11(5-2-7-19-13)15-14(10)22-17(23-15)16-20-8-3-9-21-16/h1-9H,(H,22,23). The third kappa shape index (κ3) is 1.72. The summed E-state index contributed by atoms with van der Waals surface area (Å²) in [7, 11) is 0. The van der Waals surface area contributed by atoms with Crippen molar-refractivity contribution < 1.29 is 0 Å². The summed E-state index contributed by atoms with van der Waals surface area (Å²) in [6.07, 6.45) is 6.96. The molecule has 0 fully saturated rings. The average Bonchev–Trinajstić information content (AvgIpc) is 3.09. The number of nitrogens with zero attached hydrogens (tertiary/aromatic N) is 5. The van der Waals surface area contributed by atoms with Gasteiger partial charge in [0.2, 0.25) is 0 Å². The zero-order valence-electron chi connectivity index (χ0n) is 11.9. The molecule has 4 heterocycles. The van der Waals surface area contributed by atoms with Gasteiger partial charge in [-0.3, -0.25) is 9.97 Å². The minimum atomic E-state index is 0.567. The van der Waals surface area contributed by atoms with E-state index in [1.165, 1.54) is 0 Å². The molecule has 0 aliphatic rings. The van der Waals surface area contributed by atoms with Crippen LogP contribution in [0.2, 0.25) is 0 Å². The van der Waals surface area contributed by atoms with Crippen molar-refractivity contribution in [2.75, 3.05) is 0 Å². The fourth-order valence-corrected chi connectivity index (χ4v) is 2.87. The van der Waals surface area contributed by atoms with Crippen molar-refractivity contribution >= 4 is 32.8 Å². The predicted octanol–water partition coefficient (Wildman–Crippen LogP) is 3.12. The van der Waals surface area contributed by atoms with Gasteiger partial charge in [-0.2, -0.15) is 0 Å². The van der Waals surface area contributed by atoms with Crippen LogP contribution in [0.4, 0.5) is 0 Å². The number of hydrogen-bond donors (Lipinski definition) is 1. The molecule has 1 N–H and O–H groups in total. The Labute approximate surface area is 130 Å². The molecule has 0 atom stereocenters. The fraction of sp³-hybridized carbons (Fsp3) is 0. The first kappa shape index (κ1) is 12.2. The smallest absolute Gasteiger partial charge is 0.195 e. The number of aromatic nitrogens is 6.